The molecule has 0 fully saturated rings. The Morgan fingerprint density at radius 1 is 1.28 bits per heavy atom. The molecule has 0 saturated carbocycles. The summed E-state index contributed by atoms with van der Waals surface area (Å²) in [7, 11) is 0. The van der Waals surface area contributed by atoms with E-state index in [1.165, 1.54) is 5.56 Å². The Morgan fingerprint density at radius 3 is 2.61 bits per heavy atom. The fourth-order valence-corrected chi connectivity index (χ4v) is 1.74. The molecule has 2 N–H and O–H groups in total. The van der Waals surface area contributed by atoms with Gasteiger partial charge in [-0.15, -0.1) is 0 Å². The van der Waals surface area contributed by atoms with E-state index in [-0.39, 0.29) is 5.76 Å². The largest absolute Gasteiger partial charge is 0.475 e. The number of furan rings is 1. The molecular weight excluding hydrogens is 230 g/mol. The monoisotopic (exact) mass is 245 g/mol. The van der Waals surface area contributed by atoms with Gasteiger partial charge < -0.3 is 14.8 Å². The molecule has 0 amide bonds. The first kappa shape index (κ1) is 12.4. The smallest absolute Gasteiger partial charge is 0.371 e. The quantitative estimate of drug-likeness (QED) is 0.849. The molecule has 0 aliphatic rings. The summed E-state index contributed by atoms with van der Waals surface area (Å²) in [6, 6.07) is 11.6. The second kappa shape index (κ2) is 5.51. The summed E-state index contributed by atoms with van der Waals surface area (Å²) in [5, 5.41) is 12.1. The van der Waals surface area contributed by atoms with Crippen LogP contribution in [0.1, 0.15) is 27.4 Å². The summed E-state index contributed by atoms with van der Waals surface area (Å²) in [4.78, 5) is 10.7. The Bertz CT molecular complexity index is 531. The molecule has 2 rings (SSSR count). The zero-order chi connectivity index (χ0) is 13.0. The van der Waals surface area contributed by atoms with E-state index in [4.69, 9.17) is 9.52 Å². The summed E-state index contributed by atoms with van der Waals surface area (Å²) in [6.07, 6.45) is 0. The summed E-state index contributed by atoms with van der Waals surface area (Å²) >= 11 is 0. The zero-order valence-electron chi connectivity index (χ0n) is 10.1. The third-order valence-electron chi connectivity index (χ3n) is 2.72. The normalized spacial score (nSPS) is 10.5. The molecule has 0 bridgehead atoms. The number of rotatable bonds is 5. The molecule has 18 heavy (non-hydrogen) atoms. The van der Waals surface area contributed by atoms with E-state index >= 15 is 0 Å². The lowest BCUT2D eigenvalue weighted by Crippen LogP contribution is -2.12. The van der Waals surface area contributed by atoms with Gasteiger partial charge in [0.1, 0.15) is 5.76 Å². The second-order valence-electron chi connectivity index (χ2n) is 4.09. The molecule has 4 nitrogen and oxygen atoms in total. The minimum atomic E-state index is -1.03. The Morgan fingerprint density at radius 2 is 2.00 bits per heavy atom. The summed E-state index contributed by atoms with van der Waals surface area (Å²) in [5.74, 6) is -0.399. The standard InChI is InChI=1S/C14H15NO3/c1-10-12(7-13(18-10)14(16)17)9-15-8-11-5-3-2-4-6-11/h2-7,15H,8-9H2,1H3,(H,16,17). The lowest BCUT2D eigenvalue weighted by molar-refractivity contribution is 0.0661. The van der Waals surface area contributed by atoms with E-state index in [1.807, 2.05) is 30.3 Å². The maximum absolute atomic E-state index is 10.7. The number of carboxylic acid groups (broad SMARTS) is 1. The first-order valence-electron chi connectivity index (χ1n) is 5.74. The van der Waals surface area contributed by atoms with Gasteiger partial charge in [-0.1, -0.05) is 30.3 Å². The highest BCUT2D eigenvalue weighted by Gasteiger charge is 2.12. The molecule has 0 unspecified atom stereocenters. The van der Waals surface area contributed by atoms with Gasteiger partial charge >= 0.3 is 5.97 Å². The van der Waals surface area contributed by atoms with Crippen LogP contribution >= 0.6 is 0 Å². The number of benzene rings is 1. The topological polar surface area (TPSA) is 62.5 Å². The Balaban J connectivity index is 1.92. The third kappa shape index (κ3) is 2.99. The SMILES string of the molecule is Cc1oc(C(=O)O)cc1CNCc1ccccc1. The van der Waals surface area contributed by atoms with Crippen molar-refractivity contribution in [2.75, 3.05) is 0 Å². The van der Waals surface area contributed by atoms with E-state index in [1.54, 1.807) is 13.0 Å². The highest BCUT2D eigenvalue weighted by Crippen LogP contribution is 2.14. The van der Waals surface area contributed by atoms with Crippen molar-refractivity contribution in [3.63, 3.8) is 0 Å². The number of hydrogen-bond acceptors (Lipinski definition) is 3. The second-order valence-corrected chi connectivity index (χ2v) is 4.09. The Labute approximate surface area is 105 Å². The summed E-state index contributed by atoms with van der Waals surface area (Å²) in [6.45, 7) is 3.11. The minimum Gasteiger partial charge on any atom is -0.475 e. The predicted molar refractivity (Wildman–Crippen MR) is 67.4 cm³/mol. The molecule has 0 aliphatic carbocycles. The van der Waals surface area contributed by atoms with E-state index in [2.05, 4.69) is 5.32 Å². The number of hydrogen-bond donors (Lipinski definition) is 2. The van der Waals surface area contributed by atoms with Gasteiger partial charge in [0.25, 0.3) is 0 Å². The fraction of sp³-hybridized carbons (Fsp3) is 0.214. The molecule has 1 aromatic heterocycles. The molecule has 0 radical (unpaired) electrons. The van der Waals surface area contributed by atoms with Crippen LogP contribution in [0.15, 0.2) is 40.8 Å². The van der Waals surface area contributed by atoms with Crippen molar-refractivity contribution < 1.29 is 14.3 Å². The van der Waals surface area contributed by atoms with Crippen molar-refractivity contribution in [1.82, 2.24) is 5.32 Å². The number of aromatic carboxylic acids is 1. The molecule has 0 atom stereocenters. The van der Waals surface area contributed by atoms with E-state index in [0.717, 1.165) is 12.1 Å². The minimum absolute atomic E-state index is 0.0102. The molecule has 0 aliphatic heterocycles. The van der Waals surface area contributed by atoms with Crippen LogP contribution in [0.2, 0.25) is 0 Å². The molecule has 94 valence electrons. The van der Waals surface area contributed by atoms with Crippen LogP contribution in [0.25, 0.3) is 0 Å². The van der Waals surface area contributed by atoms with Crippen LogP contribution in [0.3, 0.4) is 0 Å². The maximum atomic E-state index is 10.7. The Kier molecular flexibility index (Phi) is 3.79. The molecule has 1 aromatic carbocycles. The van der Waals surface area contributed by atoms with Crippen LogP contribution < -0.4 is 5.32 Å². The van der Waals surface area contributed by atoms with Gasteiger partial charge in [-0.3, -0.25) is 0 Å². The molecule has 0 saturated heterocycles. The number of nitrogens with one attached hydrogen (secondary N) is 1. The van der Waals surface area contributed by atoms with Crippen LogP contribution in [0.4, 0.5) is 0 Å². The van der Waals surface area contributed by atoms with Crippen LogP contribution in [0.5, 0.6) is 0 Å². The lowest BCUT2D eigenvalue weighted by Gasteiger charge is -2.03. The molecule has 2 aromatic rings. The van der Waals surface area contributed by atoms with E-state index in [9.17, 15) is 4.79 Å². The van der Waals surface area contributed by atoms with Gasteiger partial charge in [0.15, 0.2) is 0 Å². The van der Waals surface area contributed by atoms with Crippen LogP contribution in [-0.2, 0) is 13.1 Å². The first-order chi connectivity index (χ1) is 8.66. The number of carboxylic acids is 1. The average Bonchev–Trinajstić information content (AvgIpc) is 2.73. The fourth-order valence-electron chi connectivity index (χ4n) is 1.74. The van der Waals surface area contributed by atoms with Crippen molar-refractivity contribution in [3.05, 3.63) is 59.0 Å². The van der Waals surface area contributed by atoms with Gasteiger partial charge in [0.05, 0.1) is 0 Å². The molecule has 4 heteroatoms. The number of aryl methyl sites for hydroxylation is 1. The molecule has 0 spiro atoms. The van der Waals surface area contributed by atoms with Crippen LogP contribution in [0, 0.1) is 6.92 Å². The lowest BCUT2D eigenvalue weighted by atomic mass is 10.2. The van der Waals surface area contributed by atoms with E-state index < -0.39 is 5.97 Å². The van der Waals surface area contributed by atoms with Gasteiger partial charge in [0.2, 0.25) is 5.76 Å². The van der Waals surface area contributed by atoms with Gasteiger partial charge in [0, 0.05) is 18.7 Å². The molecule has 1 heterocycles. The highest BCUT2D eigenvalue weighted by molar-refractivity contribution is 5.84. The third-order valence-corrected chi connectivity index (χ3v) is 2.72. The van der Waals surface area contributed by atoms with Gasteiger partial charge in [-0.05, 0) is 18.6 Å². The average molecular weight is 245 g/mol. The maximum Gasteiger partial charge on any atom is 0.371 e. The Hall–Kier alpha value is -2.07. The van der Waals surface area contributed by atoms with Gasteiger partial charge in [-0.2, -0.15) is 0 Å². The van der Waals surface area contributed by atoms with Gasteiger partial charge in [-0.25, -0.2) is 4.79 Å². The van der Waals surface area contributed by atoms with Crippen molar-refractivity contribution in [1.29, 1.82) is 0 Å². The van der Waals surface area contributed by atoms with Crippen molar-refractivity contribution in [2.24, 2.45) is 0 Å². The van der Waals surface area contributed by atoms with Crippen molar-refractivity contribution >= 4 is 5.97 Å². The summed E-state index contributed by atoms with van der Waals surface area (Å²) in [5.41, 5.74) is 2.07. The van der Waals surface area contributed by atoms with Crippen molar-refractivity contribution in [3.8, 4) is 0 Å². The highest BCUT2D eigenvalue weighted by atomic mass is 16.4. The van der Waals surface area contributed by atoms with E-state index in [0.29, 0.717) is 12.3 Å². The number of carbonyl (C=O) groups is 1. The predicted octanol–water partition coefficient (Wildman–Crippen LogP) is 2.58. The van der Waals surface area contributed by atoms with Crippen molar-refractivity contribution in [2.45, 2.75) is 20.0 Å². The zero-order valence-corrected chi connectivity index (χ0v) is 10.1. The summed E-state index contributed by atoms with van der Waals surface area (Å²) < 4.78 is 5.14. The van der Waals surface area contributed by atoms with Crippen LogP contribution in [-0.4, -0.2) is 11.1 Å². The first-order valence-corrected chi connectivity index (χ1v) is 5.74. The molecular formula is C14H15NO3.